The number of benzene rings is 1. The Hall–Kier alpha value is -1.38. The van der Waals surface area contributed by atoms with Gasteiger partial charge in [0.1, 0.15) is 12.4 Å². The van der Waals surface area contributed by atoms with E-state index in [1.54, 1.807) is 0 Å². The molecule has 76 valence electrons. The summed E-state index contributed by atoms with van der Waals surface area (Å²) in [6.07, 6.45) is 1.04. The average Bonchev–Trinajstić information content (AvgIpc) is 2.31. The molecule has 0 fully saturated rings. The number of fused-ring (bicyclic) bond motifs is 1. The maximum Gasteiger partial charge on any atom is 0.129 e. The normalized spacial score (nSPS) is 12.2. The van der Waals surface area contributed by atoms with Gasteiger partial charge in [-0.15, -0.1) is 0 Å². The fourth-order valence-corrected chi connectivity index (χ4v) is 1.26. The topological polar surface area (TPSA) is 36.8 Å². The van der Waals surface area contributed by atoms with Gasteiger partial charge in [-0.1, -0.05) is 26.8 Å². The molecule has 0 radical (unpaired) electrons. The Morgan fingerprint density at radius 2 is 2.14 bits per heavy atom. The zero-order chi connectivity index (χ0) is 10.4. The number of hydrogen-bond donors (Lipinski definition) is 1. The molecule has 1 aromatic carbocycles. The van der Waals surface area contributed by atoms with Crippen molar-refractivity contribution in [1.29, 1.82) is 0 Å². The summed E-state index contributed by atoms with van der Waals surface area (Å²) in [5.74, 6) is 0. The van der Waals surface area contributed by atoms with E-state index in [1.165, 1.54) is 5.56 Å². The van der Waals surface area contributed by atoms with Crippen molar-refractivity contribution in [2.75, 3.05) is 12.0 Å². The lowest BCUT2D eigenvalue weighted by molar-refractivity contribution is 0.979. The number of nitrogens with one attached hydrogen (secondary N) is 1. The quantitative estimate of drug-likeness (QED) is 0.721. The van der Waals surface area contributed by atoms with Gasteiger partial charge in [-0.3, -0.25) is 0 Å². The molecule has 1 aromatic rings. The van der Waals surface area contributed by atoms with E-state index in [0.29, 0.717) is 6.67 Å². The zero-order valence-corrected chi connectivity index (χ0v) is 9.04. The van der Waals surface area contributed by atoms with Crippen molar-refractivity contribution >= 4 is 11.4 Å². The molecule has 0 aromatic heterocycles. The molecule has 0 atom stereocenters. The lowest BCUT2D eigenvalue weighted by atomic mass is 10.1. The second-order valence-corrected chi connectivity index (χ2v) is 2.78. The molecular weight excluding hydrogens is 174 g/mol. The van der Waals surface area contributed by atoms with Crippen molar-refractivity contribution in [2.24, 2.45) is 10.2 Å². The van der Waals surface area contributed by atoms with Crippen molar-refractivity contribution in [2.45, 2.75) is 27.2 Å². The second-order valence-electron chi connectivity index (χ2n) is 2.78. The van der Waals surface area contributed by atoms with Crippen LogP contribution in [0.25, 0.3) is 0 Å². The van der Waals surface area contributed by atoms with Gasteiger partial charge in [-0.05, 0) is 24.1 Å². The van der Waals surface area contributed by atoms with E-state index in [9.17, 15) is 0 Å². The summed E-state index contributed by atoms with van der Waals surface area (Å²) < 4.78 is 0. The van der Waals surface area contributed by atoms with Crippen molar-refractivity contribution < 1.29 is 0 Å². The molecule has 0 aliphatic carbocycles. The zero-order valence-electron chi connectivity index (χ0n) is 9.04. The number of aryl methyl sites for hydroxylation is 1. The highest BCUT2D eigenvalue weighted by Gasteiger charge is 2.04. The molecule has 2 rings (SSSR count). The number of hydrogen-bond acceptors (Lipinski definition) is 3. The van der Waals surface area contributed by atoms with E-state index < -0.39 is 0 Å². The largest absolute Gasteiger partial charge is 0.363 e. The maximum atomic E-state index is 4.06. The van der Waals surface area contributed by atoms with Crippen LogP contribution in [0.5, 0.6) is 0 Å². The minimum atomic E-state index is 0.596. The van der Waals surface area contributed by atoms with E-state index in [2.05, 4.69) is 40.7 Å². The van der Waals surface area contributed by atoms with Gasteiger partial charge in [0.25, 0.3) is 0 Å². The average molecular weight is 191 g/mol. The first-order valence-electron chi connectivity index (χ1n) is 5.14. The Morgan fingerprint density at radius 1 is 1.36 bits per heavy atom. The first-order chi connectivity index (χ1) is 6.90. The van der Waals surface area contributed by atoms with Crippen molar-refractivity contribution in [3.8, 4) is 0 Å². The van der Waals surface area contributed by atoms with Gasteiger partial charge < -0.3 is 5.32 Å². The van der Waals surface area contributed by atoms with Gasteiger partial charge in [0.15, 0.2) is 0 Å². The predicted molar refractivity (Wildman–Crippen MR) is 60.2 cm³/mol. The van der Waals surface area contributed by atoms with E-state index >= 15 is 0 Å². The third kappa shape index (κ3) is 2.31. The van der Waals surface area contributed by atoms with Crippen molar-refractivity contribution in [3.05, 3.63) is 23.8 Å². The van der Waals surface area contributed by atoms with E-state index in [-0.39, 0.29) is 0 Å². The summed E-state index contributed by atoms with van der Waals surface area (Å²) in [6, 6.07) is 6.25. The third-order valence-corrected chi connectivity index (χ3v) is 1.99. The van der Waals surface area contributed by atoms with Crippen LogP contribution in [0.2, 0.25) is 0 Å². The standard InChI is InChI=1S/C9H11N3.C2H6/c1-2-7-3-4-8-9(5-7)12-11-6-10-8;1-2/h3-5,10H,2,6H2,1H3;1-2H3. The molecule has 14 heavy (non-hydrogen) atoms. The van der Waals surface area contributed by atoms with Gasteiger partial charge >= 0.3 is 0 Å². The van der Waals surface area contributed by atoms with E-state index in [0.717, 1.165) is 17.8 Å². The van der Waals surface area contributed by atoms with Gasteiger partial charge in [0.05, 0.1) is 5.69 Å². The SMILES string of the molecule is CC.CCc1ccc2c(c1)N=NCN2. The first kappa shape index (κ1) is 10.7. The van der Waals surface area contributed by atoms with Crippen molar-refractivity contribution in [3.63, 3.8) is 0 Å². The Morgan fingerprint density at radius 3 is 2.86 bits per heavy atom. The van der Waals surface area contributed by atoms with E-state index in [1.807, 2.05) is 13.8 Å². The molecule has 1 heterocycles. The van der Waals surface area contributed by atoms with Crippen LogP contribution in [-0.2, 0) is 6.42 Å². The van der Waals surface area contributed by atoms with Crippen LogP contribution in [0, 0.1) is 0 Å². The highest BCUT2D eigenvalue weighted by atomic mass is 15.2. The van der Waals surface area contributed by atoms with Crippen LogP contribution < -0.4 is 5.32 Å². The monoisotopic (exact) mass is 191 g/mol. The Balaban J connectivity index is 0.000000461. The molecule has 0 saturated carbocycles. The molecule has 1 N–H and O–H groups in total. The fraction of sp³-hybridized carbons (Fsp3) is 0.455. The molecule has 0 spiro atoms. The molecule has 0 saturated heterocycles. The van der Waals surface area contributed by atoms with Crippen LogP contribution in [0.15, 0.2) is 28.4 Å². The predicted octanol–water partition coefficient (Wildman–Crippen LogP) is 3.74. The third-order valence-electron chi connectivity index (χ3n) is 1.99. The Kier molecular flexibility index (Phi) is 4.11. The van der Waals surface area contributed by atoms with Gasteiger partial charge in [0.2, 0.25) is 0 Å². The lowest BCUT2D eigenvalue weighted by Crippen LogP contribution is -2.01. The smallest absolute Gasteiger partial charge is 0.129 e. The molecule has 0 unspecified atom stereocenters. The minimum absolute atomic E-state index is 0.596. The Bertz CT molecular complexity index is 318. The van der Waals surface area contributed by atoms with Crippen LogP contribution in [-0.4, -0.2) is 6.67 Å². The fourth-order valence-electron chi connectivity index (χ4n) is 1.26. The molecule has 0 amide bonds. The second kappa shape index (κ2) is 5.37. The molecule has 1 aliphatic rings. The summed E-state index contributed by atoms with van der Waals surface area (Å²) in [5.41, 5.74) is 3.35. The van der Waals surface area contributed by atoms with Crippen LogP contribution >= 0.6 is 0 Å². The first-order valence-corrected chi connectivity index (χ1v) is 5.14. The summed E-state index contributed by atoms with van der Waals surface area (Å²) in [5, 5.41) is 11.1. The maximum absolute atomic E-state index is 4.06. The summed E-state index contributed by atoms with van der Waals surface area (Å²) in [6.45, 7) is 6.73. The lowest BCUT2D eigenvalue weighted by Gasteiger charge is -2.11. The summed E-state index contributed by atoms with van der Waals surface area (Å²) >= 11 is 0. The Labute approximate surface area is 85.3 Å². The summed E-state index contributed by atoms with van der Waals surface area (Å²) in [7, 11) is 0. The van der Waals surface area contributed by atoms with Gasteiger partial charge in [-0.25, -0.2) is 0 Å². The van der Waals surface area contributed by atoms with Crippen LogP contribution in [0.3, 0.4) is 0 Å². The highest BCUT2D eigenvalue weighted by molar-refractivity contribution is 5.66. The minimum Gasteiger partial charge on any atom is -0.363 e. The number of rotatable bonds is 1. The molecule has 3 heteroatoms. The van der Waals surface area contributed by atoms with Gasteiger partial charge in [-0.2, -0.15) is 10.2 Å². The van der Waals surface area contributed by atoms with Crippen LogP contribution in [0.1, 0.15) is 26.3 Å². The highest BCUT2D eigenvalue weighted by Crippen LogP contribution is 2.28. The number of anilines is 1. The van der Waals surface area contributed by atoms with Crippen molar-refractivity contribution in [1.82, 2.24) is 0 Å². The summed E-state index contributed by atoms with van der Waals surface area (Å²) in [4.78, 5) is 0. The number of azo groups is 1. The molecule has 0 bridgehead atoms. The molecule has 3 nitrogen and oxygen atoms in total. The van der Waals surface area contributed by atoms with E-state index in [4.69, 9.17) is 0 Å². The molecular formula is C11H17N3. The van der Waals surface area contributed by atoms with Gasteiger partial charge in [0, 0.05) is 0 Å². The molecule has 1 aliphatic heterocycles. The van der Waals surface area contributed by atoms with Crippen LogP contribution in [0.4, 0.5) is 11.4 Å². The number of nitrogens with zero attached hydrogens (tertiary/aromatic N) is 2.